The molecule has 0 heterocycles. The van der Waals surface area contributed by atoms with E-state index < -0.39 is 11.9 Å². The number of carbonyl (C=O) groups is 2. The molecule has 0 amide bonds. The Hall–Kier alpha value is 0.940. The molecule has 0 bridgehead atoms. The van der Waals surface area contributed by atoms with Crippen LogP contribution in [0.2, 0.25) is 0 Å². The average molecular weight is 415 g/mol. The Bertz CT molecular complexity index is 306. The Morgan fingerprint density at radius 3 is 0.643 bits per heavy atom. The molecule has 0 aliphatic carbocycles. The second-order valence-electron chi connectivity index (χ2n) is 7.61. The van der Waals surface area contributed by atoms with Crippen molar-refractivity contribution in [2.45, 2.75) is 128 Å². The topological polar surface area (TPSA) is 80.3 Å². The second-order valence-corrected chi connectivity index (χ2v) is 7.61. The molecule has 0 unspecified atom stereocenters. The molecule has 0 aliphatic rings. The van der Waals surface area contributed by atoms with Crippen molar-refractivity contribution < 1.29 is 78.9 Å². The number of rotatable bonds is 21. The molecule has 0 spiro atoms. The molecule has 0 saturated carbocycles. The van der Waals surface area contributed by atoms with E-state index in [1.807, 2.05) is 0 Å². The third-order valence-corrected chi connectivity index (χ3v) is 5.01. The van der Waals surface area contributed by atoms with Gasteiger partial charge in [-0.15, -0.1) is 0 Å². The van der Waals surface area contributed by atoms with Gasteiger partial charge in [0.25, 0.3) is 0 Å². The van der Waals surface area contributed by atoms with Gasteiger partial charge in [0.1, 0.15) is 0 Å². The van der Waals surface area contributed by atoms with E-state index in [4.69, 9.17) is 0 Å². The Morgan fingerprint density at radius 1 is 0.357 bits per heavy atom. The van der Waals surface area contributed by atoms with E-state index in [9.17, 15) is 19.8 Å². The van der Waals surface area contributed by atoms with Crippen LogP contribution in [0.4, 0.5) is 0 Å². The van der Waals surface area contributed by atoms with Crippen LogP contribution in [0.25, 0.3) is 0 Å². The van der Waals surface area contributed by atoms with Crippen molar-refractivity contribution in [1.29, 1.82) is 0 Å². The fourth-order valence-electron chi connectivity index (χ4n) is 3.37. The summed E-state index contributed by atoms with van der Waals surface area (Å²) in [4.78, 5) is 20.5. The van der Waals surface area contributed by atoms with Crippen LogP contribution in [0.3, 0.4) is 0 Å². The van der Waals surface area contributed by atoms with Crippen LogP contribution in [-0.2, 0) is 9.59 Å². The first-order valence-corrected chi connectivity index (χ1v) is 11.0. The Kier molecular flexibility index (Phi) is 33.5. The van der Waals surface area contributed by atoms with Gasteiger partial charge in [-0.3, -0.25) is 0 Å². The minimum atomic E-state index is -0.920. The van der Waals surface area contributed by atoms with E-state index in [0.717, 1.165) is 38.5 Å². The number of hydrogen-bond acceptors (Lipinski definition) is 4. The minimum absolute atomic E-state index is 0. The molecule has 0 atom stereocenters. The molecular weight excluding hydrogens is 374 g/mol. The molecule has 0 aromatic carbocycles. The molecule has 0 fully saturated rings. The monoisotopic (exact) mass is 414 g/mol. The van der Waals surface area contributed by atoms with E-state index in [0.29, 0.717) is 0 Å². The summed E-state index contributed by atoms with van der Waals surface area (Å²) in [7, 11) is 0. The zero-order chi connectivity index (χ0) is 19.3. The van der Waals surface area contributed by atoms with E-state index in [1.54, 1.807) is 0 Å². The maximum atomic E-state index is 10.3. The van der Waals surface area contributed by atoms with Gasteiger partial charge < -0.3 is 19.8 Å². The Balaban J connectivity index is -0.00000312. The molecule has 0 aliphatic heterocycles. The summed E-state index contributed by atoms with van der Waals surface area (Å²) in [6.07, 6.45) is 22.1. The maximum Gasteiger partial charge on any atom is 1.00 e. The van der Waals surface area contributed by atoms with E-state index >= 15 is 0 Å². The molecule has 0 aromatic heterocycles. The molecule has 28 heavy (non-hydrogen) atoms. The quantitative estimate of drug-likeness (QED) is 0.166. The Labute approximate surface area is 217 Å². The van der Waals surface area contributed by atoms with E-state index in [2.05, 4.69) is 0 Å². The molecule has 0 aromatic rings. The molecular formula is C22H40Na2O4. The van der Waals surface area contributed by atoms with Crippen LogP contribution < -0.4 is 69.3 Å². The molecule has 154 valence electrons. The van der Waals surface area contributed by atoms with Gasteiger partial charge in [-0.05, 0) is 25.7 Å². The van der Waals surface area contributed by atoms with Gasteiger partial charge in [0.15, 0.2) is 0 Å². The summed E-state index contributed by atoms with van der Waals surface area (Å²) >= 11 is 0. The summed E-state index contributed by atoms with van der Waals surface area (Å²) in [5.74, 6) is -1.84. The summed E-state index contributed by atoms with van der Waals surface area (Å²) in [6, 6.07) is 0. The maximum absolute atomic E-state index is 10.3. The summed E-state index contributed by atoms with van der Waals surface area (Å²) in [6.45, 7) is 0. The van der Waals surface area contributed by atoms with Gasteiger partial charge in [-0.2, -0.15) is 0 Å². The average Bonchev–Trinajstić information content (AvgIpc) is 2.59. The third kappa shape index (κ3) is 31.6. The third-order valence-electron chi connectivity index (χ3n) is 5.01. The van der Waals surface area contributed by atoms with Gasteiger partial charge in [0, 0.05) is 11.9 Å². The summed E-state index contributed by atoms with van der Waals surface area (Å²) < 4.78 is 0. The number of carboxylic acid groups (broad SMARTS) is 2. The smallest absolute Gasteiger partial charge is 0.550 e. The van der Waals surface area contributed by atoms with Gasteiger partial charge in [0.05, 0.1) is 0 Å². The van der Waals surface area contributed by atoms with Crippen molar-refractivity contribution >= 4 is 11.9 Å². The normalized spacial score (nSPS) is 10.1. The van der Waals surface area contributed by atoms with Crippen molar-refractivity contribution in [3.63, 3.8) is 0 Å². The van der Waals surface area contributed by atoms with Crippen LogP contribution in [0, 0.1) is 0 Å². The number of carboxylic acids is 2. The van der Waals surface area contributed by atoms with Crippen LogP contribution >= 0.6 is 0 Å². The fraction of sp³-hybridized carbons (Fsp3) is 0.909. The number of carbonyl (C=O) groups excluding carboxylic acids is 2. The van der Waals surface area contributed by atoms with Crippen molar-refractivity contribution in [2.75, 3.05) is 0 Å². The van der Waals surface area contributed by atoms with Crippen LogP contribution in [0.15, 0.2) is 0 Å². The van der Waals surface area contributed by atoms with Gasteiger partial charge in [-0.1, -0.05) is 103 Å². The Morgan fingerprint density at radius 2 is 0.500 bits per heavy atom. The first-order chi connectivity index (χ1) is 12.6. The van der Waals surface area contributed by atoms with Gasteiger partial charge in [0.2, 0.25) is 0 Å². The first kappa shape index (κ1) is 33.6. The van der Waals surface area contributed by atoms with Crippen LogP contribution in [0.1, 0.15) is 128 Å². The summed E-state index contributed by atoms with van der Waals surface area (Å²) in [5, 5.41) is 20.5. The predicted octanol–water partition coefficient (Wildman–Crippen LogP) is -1.70. The minimum Gasteiger partial charge on any atom is -0.550 e. The number of unbranched alkanes of at least 4 members (excludes halogenated alkanes) is 17. The standard InChI is InChI=1S/C22H42O4.2Na/c23-21(24)19-17-15-13-11-9-7-5-3-1-2-4-6-8-10-12-14-16-18-20-22(25)26;;/h1-20H2,(H,23,24)(H,25,26);;/q;2*+1/p-2. The zero-order valence-corrected chi connectivity index (χ0v) is 22.8. The van der Waals surface area contributed by atoms with Crippen molar-refractivity contribution in [2.24, 2.45) is 0 Å². The molecule has 6 heteroatoms. The first-order valence-electron chi connectivity index (χ1n) is 11.0. The van der Waals surface area contributed by atoms with E-state index in [-0.39, 0.29) is 72.0 Å². The van der Waals surface area contributed by atoms with Crippen molar-refractivity contribution in [1.82, 2.24) is 0 Å². The van der Waals surface area contributed by atoms with Gasteiger partial charge >= 0.3 is 59.1 Å². The number of hydrogen-bond donors (Lipinski definition) is 0. The van der Waals surface area contributed by atoms with Crippen molar-refractivity contribution in [3.8, 4) is 0 Å². The van der Waals surface area contributed by atoms with E-state index in [1.165, 1.54) is 77.0 Å². The fourth-order valence-corrected chi connectivity index (χ4v) is 3.37. The van der Waals surface area contributed by atoms with Crippen molar-refractivity contribution in [3.05, 3.63) is 0 Å². The number of aliphatic carboxylic acids is 2. The largest absolute Gasteiger partial charge is 1.00 e. The van der Waals surface area contributed by atoms with Crippen LogP contribution in [0.5, 0.6) is 0 Å². The molecule has 0 saturated heterocycles. The van der Waals surface area contributed by atoms with Gasteiger partial charge in [-0.25, -0.2) is 0 Å². The molecule has 0 rings (SSSR count). The van der Waals surface area contributed by atoms with Crippen LogP contribution in [-0.4, -0.2) is 11.9 Å². The zero-order valence-electron chi connectivity index (χ0n) is 18.8. The molecule has 0 N–H and O–H groups in total. The molecule has 0 radical (unpaired) electrons. The predicted molar refractivity (Wildman–Crippen MR) is 102 cm³/mol. The molecule has 4 nitrogen and oxygen atoms in total. The SMILES string of the molecule is O=C([O-])CCCCCCCCCCCCCCCCCCCCC(=O)[O-].[Na+].[Na+]. The second kappa shape index (κ2) is 27.9. The summed E-state index contributed by atoms with van der Waals surface area (Å²) in [5.41, 5.74) is 0.